The first-order valence-electron chi connectivity index (χ1n) is 12.1. The van der Waals surface area contributed by atoms with Crippen molar-refractivity contribution in [1.29, 1.82) is 0 Å². The fourth-order valence-corrected chi connectivity index (χ4v) is 5.28. The van der Waals surface area contributed by atoms with Gasteiger partial charge in [0.1, 0.15) is 23.0 Å². The van der Waals surface area contributed by atoms with Gasteiger partial charge in [-0.25, -0.2) is 8.42 Å². The molecule has 0 bridgehead atoms. The second-order valence-electron chi connectivity index (χ2n) is 9.29. The number of benzene rings is 3. The molecule has 0 aliphatic rings. The molecule has 204 valence electrons. The summed E-state index contributed by atoms with van der Waals surface area (Å²) >= 11 is 0. The van der Waals surface area contributed by atoms with Gasteiger partial charge in [-0.3, -0.25) is 4.79 Å². The van der Waals surface area contributed by atoms with Crippen molar-refractivity contribution in [3.63, 3.8) is 0 Å². The number of aliphatic hydroxyl groups excluding tert-OH is 1. The van der Waals surface area contributed by atoms with Gasteiger partial charge in [-0.1, -0.05) is 30.3 Å². The molecule has 3 aromatic carbocycles. The van der Waals surface area contributed by atoms with Crippen LogP contribution in [0.5, 0.6) is 11.5 Å². The molecule has 3 aromatic rings. The van der Waals surface area contributed by atoms with Crippen molar-refractivity contribution in [2.75, 3.05) is 31.7 Å². The summed E-state index contributed by atoms with van der Waals surface area (Å²) in [5.74, 6) is -0.492. The highest BCUT2D eigenvalue weighted by molar-refractivity contribution is 7.91. The smallest absolute Gasteiger partial charge is 0.303 e. The van der Waals surface area contributed by atoms with Crippen LogP contribution >= 0.6 is 0 Å². The number of aryl methyl sites for hydroxylation is 3. The molecule has 1 atom stereocenters. The van der Waals surface area contributed by atoms with Gasteiger partial charge in [0, 0.05) is 31.3 Å². The van der Waals surface area contributed by atoms with Gasteiger partial charge in [0.25, 0.3) is 0 Å². The first kappa shape index (κ1) is 29.0. The molecule has 0 spiro atoms. The molecule has 9 nitrogen and oxygen atoms in total. The Hall–Kier alpha value is -3.60. The Labute approximate surface area is 222 Å². The minimum Gasteiger partial charge on any atom is -0.507 e. The maximum absolute atomic E-state index is 11.9. The molecule has 0 saturated heterocycles. The monoisotopic (exact) mass is 542 g/mol. The van der Waals surface area contributed by atoms with Crippen molar-refractivity contribution in [2.45, 2.75) is 37.7 Å². The van der Waals surface area contributed by atoms with Gasteiger partial charge in [0.15, 0.2) is 9.84 Å². The number of phenolic OH excluding ortho intramolecular Hbond substituents is 1. The summed E-state index contributed by atoms with van der Waals surface area (Å²) in [7, 11) is -3.76. The zero-order valence-electron chi connectivity index (χ0n) is 21.7. The Kier molecular flexibility index (Phi) is 9.37. The molecule has 0 heterocycles. The third-order valence-electron chi connectivity index (χ3n) is 6.18. The fourth-order valence-electron chi connectivity index (χ4n) is 4.32. The number of hydrogen-bond acceptors (Lipinski definition) is 8. The number of phenols is 1. The quantitative estimate of drug-likeness (QED) is 0.171. The molecule has 38 heavy (non-hydrogen) atoms. The first-order valence-corrected chi connectivity index (χ1v) is 14.0. The van der Waals surface area contributed by atoms with E-state index in [9.17, 15) is 23.4 Å². The molecule has 0 fully saturated rings. The molecule has 0 amide bonds. The summed E-state index contributed by atoms with van der Waals surface area (Å²) in [5, 5.41) is 32.3. The van der Waals surface area contributed by atoms with Crippen molar-refractivity contribution in [2.24, 2.45) is 0 Å². The lowest BCUT2D eigenvalue weighted by molar-refractivity contribution is -0.136. The maximum atomic E-state index is 11.9. The number of nitrogens with two attached hydrogens (primary N) is 1. The number of hydrogen-bond donors (Lipinski definition) is 5. The van der Waals surface area contributed by atoms with E-state index in [-0.39, 0.29) is 29.1 Å². The number of ether oxygens (including phenoxy) is 1. The average molecular weight is 543 g/mol. The van der Waals surface area contributed by atoms with E-state index in [0.717, 1.165) is 39.8 Å². The summed E-state index contributed by atoms with van der Waals surface area (Å²) in [5.41, 5.74) is 11.0. The zero-order valence-corrected chi connectivity index (χ0v) is 22.5. The van der Waals surface area contributed by atoms with E-state index in [1.165, 1.54) is 12.1 Å². The highest BCUT2D eigenvalue weighted by Gasteiger charge is 2.22. The van der Waals surface area contributed by atoms with Gasteiger partial charge in [-0.15, -0.1) is 0 Å². The number of aliphatic carboxylic acids is 1. The SMILES string of the molecule is Cc1cc(-c2ccc(CCC(=O)O)cc2)cc(C)c1OCCNC[C@H](O)c1ccc(O)c(S(C)(=O)=O)c1N. The molecule has 0 saturated carbocycles. The third-order valence-corrected chi connectivity index (χ3v) is 7.35. The molecule has 0 aliphatic heterocycles. The van der Waals surface area contributed by atoms with E-state index < -0.39 is 27.7 Å². The topological polar surface area (TPSA) is 159 Å². The molecule has 0 aliphatic carbocycles. The van der Waals surface area contributed by atoms with Crippen LogP contribution in [-0.4, -0.2) is 55.7 Å². The molecule has 0 aromatic heterocycles. The summed E-state index contributed by atoms with van der Waals surface area (Å²) in [6.07, 6.45) is 0.470. The lowest BCUT2D eigenvalue weighted by Crippen LogP contribution is -2.27. The van der Waals surface area contributed by atoms with Crippen LogP contribution in [0.2, 0.25) is 0 Å². The molecule has 3 rings (SSSR count). The number of carbonyl (C=O) groups is 1. The lowest BCUT2D eigenvalue weighted by atomic mass is 9.98. The number of nitrogen functional groups attached to an aromatic ring is 1. The summed E-state index contributed by atoms with van der Waals surface area (Å²) in [6, 6.07) is 14.6. The second kappa shape index (κ2) is 12.3. The van der Waals surface area contributed by atoms with Gasteiger partial charge in [-0.2, -0.15) is 0 Å². The summed E-state index contributed by atoms with van der Waals surface area (Å²) in [4.78, 5) is 10.4. The predicted octanol–water partition coefficient (Wildman–Crippen LogP) is 3.38. The zero-order chi connectivity index (χ0) is 28.0. The molecule has 0 unspecified atom stereocenters. The maximum Gasteiger partial charge on any atom is 0.303 e. The number of anilines is 1. The van der Waals surface area contributed by atoms with Crippen molar-refractivity contribution in [3.8, 4) is 22.6 Å². The van der Waals surface area contributed by atoms with Crippen molar-refractivity contribution >= 4 is 21.5 Å². The normalized spacial score (nSPS) is 12.3. The number of carboxylic acids is 1. The minimum atomic E-state index is -3.76. The van der Waals surface area contributed by atoms with E-state index in [2.05, 4.69) is 5.32 Å². The molecular weight excluding hydrogens is 508 g/mol. The average Bonchev–Trinajstić information content (AvgIpc) is 2.83. The van der Waals surface area contributed by atoms with Crippen LogP contribution in [0.1, 0.15) is 34.8 Å². The fraction of sp³-hybridized carbons (Fsp3) is 0.321. The Morgan fingerprint density at radius 1 is 1.05 bits per heavy atom. The molecule has 6 N–H and O–H groups in total. The number of aliphatic hydroxyl groups is 1. The van der Waals surface area contributed by atoms with Crippen LogP contribution in [0, 0.1) is 13.8 Å². The number of nitrogens with one attached hydrogen (secondary N) is 1. The highest BCUT2D eigenvalue weighted by atomic mass is 32.2. The Morgan fingerprint density at radius 2 is 1.68 bits per heavy atom. The standard InChI is InChI=1S/C28H34N2O7S/c1-17-14-21(20-7-4-19(5-8-20)6-11-25(33)34)15-18(2)27(17)37-13-12-30-16-24(32)22-9-10-23(31)28(26(22)29)38(3,35)36/h4-5,7-10,14-15,24,30-32H,6,11-13,16,29H2,1-3H3,(H,33,34)/t24-/m0/s1. The Balaban J connectivity index is 1.56. The van der Waals surface area contributed by atoms with Crippen LogP contribution in [0.4, 0.5) is 5.69 Å². The van der Waals surface area contributed by atoms with Crippen LogP contribution < -0.4 is 15.8 Å². The number of aromatic hydroxyl groups is 1. The van der Waals surface area contributed by atoms with E-state index in [1.54, 1.807) is 0 Å². The molecule has 0 radical (unpaired) electrons. The molecule has 10 heteroatoms. The van der Waals surface area contributed by atoms with Crippen LogP contribution in [-0.2, 0) is 21.1 Å². The van der Waals surface area contributed by atoms with Gasteiger partial charge in [0.2, 0.25) is 0 Å². The lowest BCUT2D eigenvalue weighted by Gasteiger charge is -2.18. The van der Waals surface area contributed by atoms with Crippen LogP contribution in [0.15, 0.2) is 53.4 Å². The van der Waals surface area contributed by atoms with Crippen molar-refractivity contribution < 1.29 is 33.3 Å². The summed E-state index contributed by atoms with van der Waals surface area (Å²) in [6.45, 7) is 4.81. The highest BCUT2D eigenvalue weighted by Crippen LogP contribution is 2.34. The van der Waals surface area contributed by atoms with E-state index in [0.29, 0.717) is 19.6 Å². The number of rotatable bonds is 12. The third kappa shape index (κ3) is 7.25. The van der Waals surface area contributed by atoms with E-state index in [4.69, 9.17) is 15.6 Å². The van der Waals surface area contributed by atoms with Crippen LogP contribution in [0.3, 0.4) is 0 Å². The van der Waals surface area contributed by atoms with Gasteiger partial charge in [-0.05, 0) is 66.3 Å². The molecular formula is C28H34N2O7S. The first-order chi connectivity index (χ1) is 17.9. The second-order valence-corrected chi connectivity index (χ2v) is 11.2. The Morgan fingerprint density at radius 3 is 2.26 bits per heavy atom. The van der Waals surface area contributed by atoms with E-state index >= 15 is 0 Å². The largest absolute Gasteiger partial charge is 0.507 e. The predicted molar refractivity (Wildman–Crippen MR) is 146 cm³/mol. The van der Waals surface area contributed by atoms with Gasteiger partial charge in [0.05, 0.1) is 11.8 Å². The van der Waals surface area contributed by atoms with Crippen molar-refractivity contribution in [3.05, 3.63) is 70.8 Å². The number of sulfone groups is 1. The Bertz CT molecular complexity index is 1380. The van der Waals surface area contributed by atoms with Gasteiger partial charge >= 0.3 is 5.97 Å². The summed E-state index contributed by atoms with van der Waals surface area (Å²) < 4.78 is 29.8. The van der Waals surface area contributed by atoms with Gasteiger partial charge < -0.3 is 31.1 Å². The van der Waals surface area contributed by atoms with Crippen LogP contribution in [0.25, 0.3) is 11.1 Å². The van der Waals surface area contributed by atoms with Crippen molar-refractivity contribution in [1.82, 2.24) is 5.32 Å². The number of carboxylic acid groups (broad SMARTS) is 1. The minimum absolute atomic E-state index is 0.104. The van der Waals surface area contributed by atoms with E-state index in [1.807, 2.05) is 50.2 Å².